The van der Waals surface area contributed by atoms with Crippen LogP contribution < -0.4 is 10.4 Å². The number of halogens is 3. The van der Waals surface area contributed by atoms with Gasteiger partial charge in [-0.1, -0.05) is 57.9 Å². The average Bonchev–Trinajstić information content (AvgIpc) is 3.54. The molecule has 0 radical (unpaired) electrons. The number of benzene rings is 2. The Balaban J connectivity index is 1.62. The van der Waals surface area contributed by atoms with E-state index in [2.05, 4.69) is 37.8 Å². The van der Waals surface area contributed by atoms with E-state index in [1.165, 1.54) is 10.3 Å². The number of fused-ring (bicyclic) bond motifs is 1. The van der Waals surface area contributed by atoms with Crippen molar-refractivity contribution in [3.63, 3.8) is 0 Å². The van der Waals surface area contributed by atoms with Gasteiger partial charge < -0.3 is 4.90 Å². The number of hydrogen-bond donors (Lipinski definition) is 0. The minimum absolute atomic E-state index is 0.0291. The first-order valence-corrected chi connectivity index (χ1v) is 14.4. The molecule has 0 aliphatic carbocycles. The third-order valence-corrected chi connectivity index (χ3v) is 10.0. The molecular formula is C28H31BF3N5OS2. The Kier molecular flexibility index (Phi) is 7.54. The maximum absolute atomic E-state index is 16.2. The minimum Gasteiger partial charge on any atom is -0.363 e. The van der Waals surface area contributed by atoms with E-state index in [-0.39, 0.29) is 47.9 Å². The summed E-state index contributed by atoms with van der Waals surface area (Å²) in [6.45, 7) is 10.9. The zero-order valence-electron chi connectivity index (χ0n) is 23.3. The van der Waals surface area contributed by atoms with Crippen LogP contribution in [-0.4, -0.2) is 38.2 Å². The molecule has 12 heteroatoms. The highest BCUT2D eigenvalue weighted by molar-refractivity contribution is 7.93. The SMILES string of the molecule is Cc1c(C(c2ccc(B3CC(C)(C)C(C)(C)C3)cc2F)N(C)c2ccc3c(c2)ncn3SF)c(C=O)nn1SF. The van der Waals surface area contributed by atoms with Gasteiger partial charge in [0.2, 0.25) is 0 Å². The lowest BCUT2D eigenvalue weighted by atomic mass is 9.42. The molecule has 210 valence electrons. The third-order valence-electron chi connectivity index (χ3n) is 9.10. The number of carbonyl (C=O) groups excluding carboxylic acids is 1. The summed E-state index contributed by atoms with van der Waals surface area (Å²) in [5, 5.41) is 4.10. The predicted octanol–water partition coefficient (Wildman–Crippen LogP) is 7.25. The van der Waals surface area contributed by atoms with Crippen molar-refractivity contribution in [2.24, 2.45) is 10.8 Å². The number of imidazole rings is 1. The van der Waals surface area contributed by atoms with Crippen LogP contribution >= 0.6 is 24.7 Å². The fourth-order valence-electron chi connectivity index (χ4n) is 6.08. The maximum Gasteiger partial charge on any atom is 0.187 e. The van der Waals surface area contributed by atoms with Gasteiger partial charge in [0.15, 0.2) is 37.7 Å². The summed E-state index contributed by atoms with van der Waals surface area (Å²) in [4.78, 5) is 18.2. The van der Waals surface area contributed by atoms with E-state index in [1.807, 2.05) is 11.0 Å². The first-order chi connectivity index (χ1) is 18.9. The van der Waals surface area contributed by atoms with Crippen LogP contribution in [0, 0.1) is 23.6 Å². The molecule has 1 saturated heterocycles. The van der Waals surface area contributed by atoms with E-state index in [0.29, 0.717) is 39.8 Å². The summed E-state index contributed by atoms with van der Waals surface area (Å²) < 4.78 is 45.5. The lowest BCUT2D eigenvalue weighted by molar-refractivity contribution is 0.111. The molecule has 40 heavy (non-hydrogen) atoms. The summed E-state index contributed by atoms with van der Waals surface area (Å²) in [5.41, 5.74) is 4.15. The van der Waals surface area contributed by atoms with Crippen molar-refractivity contribution in [1.82, 2.24) is 18.1 Å². The lowest BCUT2D eigenvalue weighted by Gasteiger charge is -2.35. The highest BCUT2D eigenvalue weighted by Gasteiger charge is 2.48. The normalized spacial score (nSPS) is 17.0. The van der Waals surface area contributed by atoms with Crippen molar-refractivity contribution in [1.29, 1.82) is 0 Å². The number of aromatic nitrogens is 4. The van der Waals surface area contributed by atoms with Crippen LogP contribution in [0.3, 0.4) is 0 Å². The smallest absolute Gasteiger partial charge is 0.187 e. The topological polar surface area (TPSA) is 56.0 Å². The molecule has 0 bridgehead atoms. The van der Waals surface area contributed by atoms with Crippen LogP contribution in [0.2, 0.25) is 12.6 Å². The van der Waals surface area contributed by atoms with Crippen molar-refractivity contribution in [2.45, 2.75) is 53.3 Å². The number of carbonyl (C=O) groups is 1. The summed E-state index contributed by atoms with van der Waals surface area (Å²) >= 11 is -0.0723. The van der Waals surface area contributed by atoms with Crippen LogP contribution in [0.15, 0.2) is 42.7 Å². The average molecular weight is 586 g/mol. The van der Waals surface area contributed by atoms with Crippen molar-refractivity contribution >= 4 is 59.9 Å². The van der Waals surface area contributed by atoms with Crippen molar-refractivity contribution < 1.29 is 17.0 Å². The number of rotatable bonds is 8. The highest BCUT2D eigenvalue weighted by atomic mass is 32.2. The molecule has 1 unspecified atom stereocenters. The monoisotopic (exact) mass is 585 g/mol. The molecule has 3 heterocycles. The molecule has 0 amide bonds. The second-order valence-electron chi connectivity index (χ2n) is 11.9. The zero-order chi connectivity index (χ0) is 29.0. The van der Waals surface area contributed by atoms with Crippen LogP contribution in [0.5, 0.6) is 0 Å². The Hall–Kier alpha value is -2.86. The quantitative estimate of drug-likeness (QED) is 0.160. The van der Waals surface area contributed by atoms with Gasteiger partial charge in [0, 0.05) is 23.9 Å². The first kappa shape index (κ1) is 28.7. The molecule has 1 aliphatic rings. The Morgan fingerprint density at radius 3 is 2.38 bits per heavy atom. The molecule has 0 saturated carbocycles. The Bertz CT molecular complexity index is 1570. The van der Waals surface area contributed by atoms with Crippen LogP contribution in [0.4, 0.5) is 17.8 Å². The van der Waals surface area contributed by atoms with E-state index < -0.39 is 11.9 Å². The number of nitrogens with zero attached hydrogens (tertiary/aromatic N) is 5. The number of aldehydes is 1. The highest BCUT2D eigenvalue weighted by Crippen LogP contribution is 2.52. The van der Waals surface area contributed by atoms with Gasteiger partial charge in [-0.3, -0.25) is 4.79 Å². The van der Waals surface area contributed by atoms with Crippen molar-refractivity contribution in [3.8, 4) is 0 Å². The molecule has 2 aromatic heterocycles. The van der Waals surface area contributed by atoms with Gasteiger partial charge in [0.25, 0.3) is 0 Å². The second kappa shape index (κ2) is 10.5. The summed E-state index contributed by atoms with van der Waals surface area (Å²) in [6.07, 6.45) is 3.87. The molecule has 1 aliphatic heterocycles. The summed E-state index contributed by atoms with van der Waals surface area (Å²) in [7, 11) is 1.77. The Morgan fingerprint density at radius 2 is 1.77 bits per heavy atom. The molecule has 0 spiro atoms. The van der Waals surface area contributed by atoms with Gasteiger partial charge in [-0.15, -0.1) is 7.77 Å². The first-order valence-electron chi connectivity index (χ1n) is 13.0. The number of anilines is 1. The fraction of sp³-hybridized carbons (Fsp3) is 0.393. The van der Waals surface area contributed by atoms with Crippen LogP contribution in [0.25, 0.3) is 11.0 Å². The van der Waals surface area contributed by atoms with Crippen molar-refractivity contribution in [2.75, 3.05) is 11.9 Å². The molecule has 1 atom stereocenters. The molecule has 6 nitrogen and oxygen atoms in total. The predicted molar refractivity (Wildman–Crippen MR) is 159 cm³/mol. The Labute approximate surface area is 241 Å². The zero-order valence-corrected chi connectivity index (χ0v) is 24.9. The number of hydrogen-bond acceptors (Lipinski definition) is 6. The fourth-order valence-corrected chi connectivity index (χ4v) is 6.71. The van der Waals surface area contributed by atoms with E-state index in [1.54, 1.807) is 44.3 Å². The van der Waals surface area contributed by atoms with Gasteiger partial charge in [0.05, 0.1) is 22.8 Å². The largest absolute Gasteiger partial charge is 0.363 e. The molecule has 1 fully saturated rings. The van der Waals surface area contributed by atoms with Crippen molar-refractivity contribution in [3.05, 3.63) is 71.1 Å². The van der Waals surface area contributed by atoms with Gasteiger partial charge in [-0.25, -0.2) is 13.3 Å². The Morgan fingerprint density at radius 1 is 1.07 bits per heavy atom. The van der Waals surface area contributed by atoms with E-state index in [9.17, 15) is 12.6 Å². The van der Waals surface area contributed by atoms with Crippen LogP contribution in [-0.2, 0) is 0 Å². The maximum atomic E-state index is 16.2. The van der Waals surface area contributed by atoms with E-state index >= 15 is 4.39 Å². The summed E-state index contributed by atoms with van der Waals surface area (Å²) in [5.74, 6) is -0.409. The molecule has 5 rings (SSSR count). The van der Waals surface area contributed by atoms with E-state index in [0.717, 1.165) is 22.2 Å². The minimum atomic E-state index is -0.804. The summed E-state index contributed by atoms with van der Waals surface area (Å²) in [6, 6.07) is 9.82. The lowest BCUT2D eigenvalue weighted by Crippen LogP contribution is -2.31. The van der Waals surface area contributed by atoms with Gasteiger partial charge >= 0.3 is 0 Å². The standard InChI is InChI=1S/C28H31BF3N5OS2/c1-17-25(23(13-38)34-37(17)40-32)26(35(6)19-8-10-24-22(12-19)33-16-36(24)39-31)20-9-7-18(11-21(20)30)29-14-27(2,3)28(4,5)15-29/h7-13,16,26H,14-15H2,1-6H3. The van der Waals surface area contributed by atoms with Gasteiger partial charge in [0.1, 0.15) is 17.8 Å². The molecule has 0 N–H and O–H groups in total. The second-order valence-corrected chi connectivity index (χ2v) is 12.9. The van der Waals surface area contributed by atoms with Gasteiger partial charge in [-0.05, 0) is 42.0 Å². The third kappa shape index (κ3) is 4.72. The van der Waals surface area contributed by atoms with Crippen LogP contribution in [0.1, 0.15) is 61.0 Å². The molecular weight excluding hydrogens is 554 g/mol. The van der Waals surface area contributed by atoms with E-state index in [4.69, 9.17) is 0 Å². The molecule has 2 aromatic carbocycles. The molecule has 4 aromatic rings. The van der Waals surface area contributed by atoms with Gasteiger partial charge in [-0.2, -0.15) is 9.19 Å².